The monoisotopic (exact) mass is 222 g/mol. The van der Waals surface area contributed by atoms with Crippen LogP contribution in [0.25, 0.3) is 0 Å². The highest BCUT2D eigenvalue weighted by Crippen LogP contribution is 2.39. The number of hydrogen-bond donors (Lipinski definition) is 0. The molecule has 1 aliphatic rings. The molecular weight excluding hydrogens is 196 g/mol. The Bertz CT molecular complexity index is 307. The molecule has 0 bridgehead atoms. The number of hydrogen-bond acceptors (Lipinski definition) is 1. The van der Waals surface area contributed by atoms with Crippen molar-refractivity contribution in [1.29, 1.82) is 0 Å². The van der Waals surface area contributed by atoms with Gasteiger partial charge in [-0.25, -0.2) is 0 Å². The third-order valence-corrected chi connectivity index (χ3v) is 3.33. The van der Waals surface area contributed by atoms with Crippen LogP contribution in [0, 0.1) is 10.8 Å². The van der Waals surface area contributed by atoms with Crippen molar-refractivity contribution >= 4 is 5.78 Å². The first-order valence-corrected chi connectivity index (χ1v) is 6.41. The normalized spacial score (nSPS) is 18.9. The highest BCUT2D eigenvalue weighted by Gasteiger charge is 2.32. The summed E-state index contributed by atoms with van der Waals surface area (Å²) >= 11 is 0. The molecule has 0 saturated heterocycles. The fourth-order valence-corrected chi connectivity index (χ4v) is 2.44. The topological polar surface area (TPSA) is 17.1 Å². The fourth-order valence-electron chi connectivity index (χ4n) is 2.44. The zero-order chi connectivity index (χ0) is 12.6. The maximum atomic E-state index is 12.4. The maximum Gasteiger partial charge on any atom is 0.164 e. The summed E-state index contributed by atoms with van der Waals surface area (Å²) in [6, 6.07) is 0. The molecule has 0 heterocycles. The Hall–Kier alpha value is -0.590. The van der Waals surface area contributed by atoms with E-state index in [2.05, 4.69) is 20.8 Å². The maximum absolute atomic E-state index is 12.4. The largest absolute Gasteiger partial charge is 0.294 e. The summed E-state index contributed by atoms with van der Waals surface area (Å²) in [6.45, 7) is 12.8. The molecule has 1 rings (SSSR count). The number of Topliss-reactive ketones (excluding diaryl/α,β-unsaturated/α-hetero) is 1. The highest BCUT2D eigenvalue weighted by molar-refractivity contribution is 6.00. The van der Waals surface area contributed by atoms with Gasteiger partial charge < -0.3 is 0 Å². The molecule has 16 heavy (non-hydrogen) atoms. The van der Waals surface area contributed by atoms with E-state index < -0.39 is 0 Å². The third kappa shape index (κ3) is 2.96. The van der Waals surface area contributed by atoms with Gasteiger partial charge in [0, 0.05) is 5.41 Å². The summed E-state index contributed by atoms with van der Waals surface area (Å²) in [5.74, 6) is 0.358. The van der Waals surface area contributed by atoms with Crippen LogP contribution < -0.4 is 0 Å². The van der Waals surface area contributed by atoms with Crippen molar-refractivity contribution in [3.05, 3.63) is 11.1 Å². The fraction of sp³-hybridized carbons (Fsp3) is 0.800. The van der Waals surface area contributed by atoms with Gasteiger partial charge in [0.2, 0.25) is 0 Å². The standard InChI is InChI=1S/C15H26O/c1-14(2,3)12-10-8-7-9-11(12)13(16)15(4,5)6/h7-10H2,1-6H3. The van der Waals surface area contributed by atoms with Gasteiger partial charge in [0.1, 0.15) is 0 Å². The van der Waals surface area contributed by atoms with Crippen molar-refractivity contribution in [2.75, 3.05) is 0 Å². The lowest BCUT2D eigenvalue weighted by molar-refractivity contribution is -0.122. The molecule has 0 aliphatic heterocycles. The molecule has 0 saturated carbocycles. The van der Waals surface area contributed by atoms with Gasteiger partial charge in [-0.3, -0.25) is 4.79 Å². The average Bonchev–Trinajstić information content (AvgIpc) is 2.14. The Kier molecular flexibility index (Phi) is 3.66. The van der Waals surface area contributed by atoms with E-state index in [1.807, 2.05) is 20.8 Å². The SMILES string of the molecule is CC(C)(C)C(=O)C1=C(C(C)(C)C)CCCC1. The second kappa shape index (κ2) is 4.35. The molecule has 0 unspecified atom stereocenters. The van der Waals surface area contributed by atoms with Crippen molar-refractivity contribution in [1.82, 2.24) is 0 Å². The quantitative estimate of drug-likeness (QED) is 0.637. The third-order valence-electron chi connectivity index (χ3n) is 3.33. The Morgan fingerprint density at radius 2 is 1.44 bits per heavy atom. The van der Waals surface area contributed by atoms with Gasteiger partial charge in [-0.2, -0.15) is 0 Å². The van der Waals surface area contributed by atoms with Crippen LogP contribution in [-0.2, 0) is 4.79 Å². The Balaban J connectivity index is 3.15. The van der Waals surface area contributed by atoms with Crippen LogP contribution >= 0.6 is 0 Å². The van der Waals surface area contributed by atoms with Gasteiger partial charge in [0.25, 0.3) is 0 Å². The van der Waals surface area contributed by atoms with Crippen molar-refractivity contribution in [2.24, 2.45) is 10.8 Å². The van der Waals surface area contributed by atoms with Crippen molar-refractivity contribution < 1.29 is 4.79 Å². The first-order valence-electron chi connectivity index (χ1n) is 6.41. The first-order chi connectivity index (χ1) is 7.14. The summed E-state index contributed by atoms with van der Waals surface area (Å²) < 4.78 is 0. The lowest BCUT2D eigenvalue weighted by Crippen LogP contribution is -2.27. The minimum Gasteiger partial charge on any atom is -0.294 e. The molecule has 0 aromatic carbocycles. The van der Waals surface area contributed by atoms with E-state index in [1.54, 1.807) is 0 Å². The van der Waals surface area contributed by atoms with Gasteiger partial charge in [0.05, 0.1) is 0 Å². The predicted octanol–water partition coefficient (Wildman–Crippen LogP) is 4.52. The van der Waals surface area contributed by atoms with Crippen LogP contribution in [-0.4, -0.2) is 5.78 Å². The minimum atomic E-state index is -0.233. The average molecular weight is 222 g/mol. The zero-order valence-electron chi connectivity index (χ0n) is 11.7. The molecule has 0 radical (unpaired) electrons. The Morgan fingerprint density at radius 1 is 0.938 bits per heavy atom. The first kappa shape index (κ1) is 13.5. The van der Waals surface area contributed by atoms with Gasteiger partial charge in [-0.1, -0.05) is 47.1 Å². The summed E-state index contributed by atoms with van der Waals surface area (Å²) in [7, 11) is 0. The van der Waals surface area contributed by atoms with Crippen LogP contribution in [0.1, 0.15) is 67.2 Å². The lowest BCUT2D eigenvalue weighted by atomic mass is 9.72. The van der Waals surface area contributed by atoms with Crippen LogP contribution in [0.5, 0.6) is 0 Å². The molecule has 92 valence electrons. The lowest BCUT2D eigenvalue weighted by Gasteiger charge is -2.32. The van der Waals surface area contributed by atoms with E-state index in [-0.39, 0.29) is 10.8 Å². The summed E-state index contributed by atoms with van der Waals surface area (Å²) in [5.41, 5.74) is 2.45. The molecule has 1 heteroatoms. The zero-order valence-corrected chi connectivity index (χ0v) is 11.7. The van der Waals surface area contributed by atoms with Crippen LogP contribution in [0.15, 0.2) is 11.1 Å². The number of carbonyl (C=O) groups excluding carboxylic acids is 1. The summed E-state index contributed by atoms with van der Waals surface area (Å²) in [5, 5.41) is 0. The molecule has 0 amide bonds. The predicted molar refractivity (Wildman–Crippen MR) is 69.4 cm³/mol. The molecule has 0 atom stereocenters. The number of carbonyl (C=O) groups is 1. The van der Waals surface area contributed by atoms with Crippen molar-refractivity contribution in [3.63, 3.8) is 0 Å². The number of ketones is 1. The molecule has 0 fully saturated rings. The summed E-state index contributed by atoms with van der Waals surface area (Å²) in [6.07, 6.45) is 4.52. The van der Waals surface area contributed by atoms with Crippen LogP contribution in [0.2, 0.25) is 0 Å². The summed E-state index contributed by atoms with van der Waals surface area (Å²) in [4.78, 5) is 12.4. The second-order valence-corrected chi connectivity index (χ2v) is 6.99. The molecule has 0 spiro atoms. The molecular formula is C15H26O. The van der Waals surface area contributed by atoms with Gasteiger partial charge in [-0.15, -0.1) is 0 Å². The molecule has 0 N–H and O–H groups in total. The van der Waals surface area contributed by atoms with Crippen molar-refractivity contribution in [2.45, 2.75) is 67.2 Å². The number of rotatable bonds is 1. The van der Waals surface area contributed by atoms with Crippen LogP contribution in [0.4, 0.5) is 0 Å². The van der Waals surface area contributed by atoms with Crippen molar-refractivity contribution in [3.8, 4) is 0 Å². The Morgan fingerprint density at radius 3 is 1.88 bits per heavy atom. The van der Waals surface area contributed by atoms with E-state index in [0.717, 1.165) is 18.4 Å². The van der Waals surface area contributed by atoms with E-state index in [9.17, 15) is 4.79 Å². The number of allylic oxidation sites excluding steroid dienone is 2. The van der Waals surface area contributed by atoms with E-state index in [1.165, 1.54) is 18.4 Å². The molecule has 1 aliphatic carbocycles. The van der Waals surface area contributed by atoms with E-state index in [4.69, 9.17) is 0 Å². The van der Waals surface area contributed by atoms with Crippen LogP contribution in [0.3, 0.4) is 0 Å². The second-order valence-electron chi connectivity index (χ2n) is 6.99. The van der Waals surface area contributed by atoms with Gasteiger partial charge >= 0.3 is 0 Å². The highest BCUT2D eigenvalue weighted by atomic mass is 16.1. The smallest absolute Gasteiger partial charge is 0.164 e. The Labute approximate surface area is 100 Å². The molecule has 1 nitrogen and oxygen atoms in total. The molecule has 0 aromatic heterocycles. The molecule has 0 aromatic rings. The van der Waals surface area contributed by atoms with Gasteiger partial charge in [0.15, 0.2) is 5.78 Å². The van der Waals surface area contributed by atoms with E-state index in [0.29, 0.717) is 5.78 Å². The van der Waals surface area contributed by atoms with E-state index >= 15 is 0 Å². The minimum absolute atomic E-state index is 0.149. The van der Waals surface area contributed by atoms with Gasteiger partial charge in [-0.05, 0) is 36.7 Å².